The van der Waals surface area contributed by atoms with Crippen LogP contribution in [0.4, 0.5) is 5.82 Å². The molecule has 0 unspecified atom stereocenters. The molecule has 0 aliphatic heterocycles. The first-order chi connectivity index (χ1) is 8.83. The van der Waals surface area contributed by atoms with Gasteiger partial charge in [-0.3, -0.25) is 4.98 Å². The van der Waals surface area contributed by atoms with Crippen molar-refractivity contribution in [1.29, 1.82) is 0 Å². The Morgan fingerprint density at radius 1 is 1.33 bits per heavy atom. The van der Waals surface area contributed by atoms with Gasteiger partial charge in [0, 0.05) is 13.1 Å². The first-order valence-electron chi connectivity index (χ1n) is 6.06. The number of hydrogen-bond acceptors (Lipinski definition) is 5. The van der Waals surface area contributed by atoms with Crippen molar-refractivity contribution < 1.29 is 4.42 Å². The van der Waals surface area contributed by atoms with Crippen molar-refractivity contribution >= 4 is 5.82 Å². The lowest BCUT2D eigenvalue weighted by molar-refractivity contribution is 0.502. The quantitative estimate of drug-likeness (QED) is 0.842. The Morgan fingerprint density at radius 3 is 2.78 bits per heavy atom. The van der Waals surface area contributed by atoms with Crippen LogP contribution in [-0.4, -0.2) is 23.6 Å². The molecule has 0 amide bonds. The molecule has 0 atom stereocenters. The zero-order valence-electron chi connectivity index (χ0n) is 10.8. The Hall–Kier alpha value is -1.88. The predicted octanol–water partition coefficient (Wildman–Crippen LogP) is 1.82. The molecule has 5 nitrogen and oxygen atoms in total. The first-order valence-corrected chi connectivity index (χ1v) is 6.06. The van der Waals surface area contributed by atoms with E-state index in [2.05, 4.69) is 27.1 Å². The Bertz CT molecular complexity index is 452. The fourth-order valence-corrected chi connectivity index (χ4v) is 1.73. The lowest BCUT2D eigenvalue weighted by Crippen LogP contribution is -2.23. The molecule has 1 N–H and O–H groups in total. The highest BCUT2D eigenvalue weighted by molar-refractivity contribution is 5.36. The number of rotatable bonds is 6. The summed E-state index contributed by atoms with van der Waals surface area (Å²) in [5.74, 6) is 1.80. The van der Waals surface area contributed by atoms with Crippen LogP contribution in [0.5, 0.6) is 0 Å². The molecule has 0 aliphatic carbocycles. The van der Waals surface area contributed by atoms with Crippen LogP contribution in [0.2, 0.25) is 0 Å². The summed E-state index contributed by atoms with van der Waals surface area (Å²) in [4.78, 5) is 10.9. The molecule has 2 aromatic heterocycles. The second kappa shape index (κ2) is 6.16. The lowest BCUT2D eigenvalue weighted by atomic mass is 10.4. The van der Waals surface area contributed by atoms with Gasteiger partial charge < -0.3 is 14.6 Å². The maximum Gasteiger partial charge on any atom is 0.147 e. The van der Waals surface area contributed by atoms with Crippen LogP contribution < -0.4 is 10.2 Å². The first kappa shape index (κ1) is 12.6. The number of nitrogens with zero attached hydrogens (tertiary/aromatic N) is 3. The van der Waals surface area contributed by atoms with Crippen LogP contribution in [0.3, 0.4) is 0 Å². The molecule has 2 aromatic rings. The molecule has 0 radical (unpaired) electrons. The largest absolute Gasteiger partial charge is 0.467 e. The second-order valence-electron chi connectivity index (χ2n) is 3.99. The van der Waals surface area contributed by atoms with Crippen LogP contribution in [0.25, 0.3) is 0 Å². The monoisotopic (exact) mass is 246 g/mol. The third-order valence-corrected chi connectivity index (χ3v) is 2.68. The standard InChI is InChI=1S/C13H18N4O/c1-3-17(10-12-5-4-6-18-12)13-9-15-11(7-14-2)8-16-13/h4-6,8-9,14H,3,7,10H2,1-2H3. The van der Waals surface area contributed by atoms with E-state index < -0.39 is 0 Å². The molecule has 0 fully saturated rings. The van der Waals surface area contributed by atoms with Crippen molar-refractivity contribution in [3.05, 3.63) is 42.2 Å². The van der Waals surface area contributed by atoms with Gasteiger partial charge >= 0.3 is 0 Å². The van der Waals surface area contributed by atoms with Crippen molar-refractivity contribution in [2.45, 2.75) is 20.0 Å². The molecule has 2 heterocycles. The van der Waals surface area contributed by atoms with Crippen LogP contribution in [0.15, 0.2) is 35.2 Å². The SMILES string of the molecule is CCN(Cc1ccco1)c1cnc(CNC)cn1. The molecular weight excluding hydrogens is 228 g/mol. The average Bonchev–Trinajstić information content (AvgIpc) is 2.90. The summed E-state index contributed by atoms with van der Waals surface area (Å²) in [5.41, 5.74) is 0.940. The van der Waals surface area contributed by atoms with E-state index in [0.717, 1.165) is 30.4 Å². The molecule has 18 heavy (non-hydrogen) atoms. The van der Waals surface area contributed by atoms with Gasteiger partial charge in [0.2, 0.25) is 0 Å². The minimum Gasteiger partial charge on any atom is -0.467 e. The third kappa shape index (κ3) is 3.07. The minimum absolute atomic E-state index is 0.712. The van der Waals surface area contributed by atoms with Crippen molar-refractivity contribution in [1.82, 2.24) is 15.3 Å². The van der Waals surface area contributed by atoms with Crippen molar-refractivity contribution in [3.8, 4) is 0 Å². The highest BCUT2D eigenvalue weighted by Gasteiger charge is 2.08. The highest BCUT2D eigenvalue weighted by atomic mass is 16.3. The highest BCUT2D eigenvalue weighted by Crippen LogP contribution is 2.13. The van der Waals surface area contributed by atoms with Crippen molar-refractivity contribution in [3.63, 3.8) is 0 Å². The maximum atomic E-state index is 5.35. The van der Waals surface area contributed by atoms with Gasteiger partial charge in [-0.2, -0.15) is 0 Å². The summed E-state index contributed by atoms with van der Waals surface area (Å²) in [5, 5.41) is 3.05. The molecule has 96 valence electrons. The molecule has 0 aromatic carbocycles. The maximum absolute atomic E-state index is 5.35. The van der Waals surface area contributed by atoms with Gasteiger partial charge in [-0.1, -0.05) is 0 Å². The molecule has 0 bridgehead atoms. The van der Waals surface area contributed by atoms with Gasteiger partial charge in [0.1, 0.15) is 11.6 Å². The number of nitrogens with one attached hydrogen (secondary N) is 1. The van der Waals surface area contributed by atoms with Gasteiger partial charge in [-0.25, -0.2) is 4.98 Å². The van der Waals surface area contributed by atoms with E-state index in [1.807, 2.05) is 19.2 Å². The van der Waals surface area contributed by atoms with Crippen LogP contribution in [0.1, 0.15) is 18.4 Å². The van der Waals surface area contributed by atoms with E-state index in [1.165, 1.54) is 0 Å². The molecule has 0 saturated carbocycles. The summed E-state index contributed by atoms with van der Waals surface area (Å²) in [6, 6.07) is 3.86. The number of furan rings is 1. The summed E-state index contributed by atoms with van der Waals surface area (Å²) >= 11 is 0. The summed E-state index contributed by atoms with van der Waals surface area (Å²) in [6.45, 7) is 4.40. The van der Waals surface area contributed by atoms with E-state index in [0.29, 0.717) is 6.54 Å². The van der Waals surface area contributed by atoms with E-state index in [9.17, 15) is 0 Å². The van der Waals surface area contributed by atoms with Gasteiger partial charge in [-0.15, -0.1) is 0 Å². The van der Waals surface area contributed by atoms with Gasteiger partial charge in [0.25, 0.3) is 0 Å². The Labute approximate surface area is 107 Å². The zero-order chi connectivity index (χ0) is 12.8. The van der Waals surface area contributed by atoms with Crippen LogP contribution >= 0.6 is 0 Å². The lowest BCUT2D eigenvalue weighted by Gasteiger charge is -2.20. The fourth-order valence-electron chi connectivity index (χ4n) is 1.73. The smallest absolute Gasteiger partial charge is 0.147 e. The summed E-state index contributed by atoms with van der Waals surface area (Å²) < 4.78 is 5.35. The Balaban J connectivity index is 2.07. The van der Waals surface area contributed by atoms with Crippen LogP contribution in [0, 0.1) is 0 Å². The zero-order valence-corrected chi connectivity index (χ0v) is 10.8. The average molecular weight is 246 g/mol. The topological polar surface area (TPSA) is 54.2 Å². The molecular formula is C13H18N4O. The third-order valence-electron chi connectivity index (χ3n) is 2.68. The molecule has 0 aliphatic rings. The molecule has 5 heteroatoms. The van der Waals surface area contributed by atoms with Crippen LogP contribution in [-0.2, 0) is 13.1 Å². The predicted molar refractivity (Wildman–Crippen MR) is 70.2 cm³/mol. The van der Waals surface area contributed by atoms with Gasteiger partial charge in [0.15, 0.2) is 0 Å². The number of anilines is 1. The van der Waals surface area contributed by atoms with E-state index in [-0.39, 0.29) is 0 Å². The van der Waals surface area contributed by atoms with E-state index in [1.54, 1.807) is 18.7 Å². The van der Waals surface area contributed by atoms with E-state index in [4.69, 9.17) is 4.42 Å². The number of hydrogen-bond donors (Lipinski definition) is 1. The van der Waals surface area contributed by atoms with Gasteiger partial charge in [0.05, 0.1) is 30.9 Å². The van der Waals surface area contributed by atoms with E-state index >= 15 is 0 Å². The second-order valence-corrected chi connectivity index (χ2v) is 3.99. The fraction of sp³-hybridized carbons (Fsp3) is 0.385. The summed E-state index contributed by atoms with van der Waals surface area (Å²) in [6.07, 6.45) is 5.29. The Morgan fingerprint density at radius 2 is 2.22 bits per heavy atom. The molecule has 0 saturated heterocycles. The minimum atomic E-state index is 0.712. The van der Waals surface area contributed by atoms with Gasteiger partial charge in [-0.05, 0) is 26.1 Å². The van der Waals surface area contributed by atoms with Crippen molar-refractivity contribution in [2.75, 3.05) is 18.5 Å². The normalized spacial score (nSPS) is 10.6. The Kier molecular flexibility index (Phi) is 4.30. The summed E-state index contributed by atoms with van der Waals surface area (Å²) in [7, 11) is 1.89. The molecule has 0 spiro atoms. The number of aromatic nitrogens is 2. The van der Waals surface area contributed by atoms with Crippen molar-refractivity contribution in [2.24, 2.45) is 0 Å². The molecule has 2 rings (SSSR count).